The van der Waals surface area contributed by atoms with Crippen LogP contribution in [0.1, 0.15) is 63.5 Å². The molecule has 0 aliphatic carbocycles. The first-order chi connectivity index (χ1) is 22.2. The van der Waals surface area contributed by atoms with Crippen LogP contribution in [0, 0.1) is 0 Å². The van der Waals surface area contributed by atoms with E-state index in [9.17, 15) is 9.59 Å². The first-order valence-electron chi connectivity index (χ1n) is 15.7. The summed E-state index contributed by atoms with van der Waals surface area (Å²) in [5.74, 6) is 0.983. The minimum atomic E-state index is -0.369. The summed E-state index contributed by atoms with van der Waals surface area (Å²) in [5.41, 5.74) is 5.22. The molecule has 0 aliphatic heterocycles. The molecule has 5 rings (SSSR count). The third kappa shape index (κ3) is 7.51. The van der Waals surface area contributed by atoms with Gasteiger partial charge in [0.15, 0.2) is 0 Å². The van der Waals surface area contributed by atoms with Crippen LogP contribution in [0.3, 0.4) is 0 Å². The van der Waals surface area contributed by atoms with Crippen molar-refractivity contribution in [2.75, 3.05) is 23.4 Å². The van der Waals surface area contributed by atoms with Crippen molar-refractivity contribution >= 4 is 28.4 Å². The molecule has 0 fully saturated rings. The molecule has 3 aromatic heterocycles. The maximum atomic E-state index is 14.1. The minimum absolute atomic E-state index is 0.110. The number of ether oxygens (including phenoxy) is 1. The maximum Gasteiger partial charge on any atom is 0.326 e. The Labute approximate surface area is 269 Å². The van der Waals surface area contributed by atoms with Crippen LogP contribution in [0.5, 0.6) is 5.75 Å². The van der Waals surface area contributed by atoms with E-state index in [-0.39, 0.29) is 29.1 Å². The van der Waals surface area contributed by atoms with Crippen LogP contribution in [0.25, 0.3) is 22.2 Å². The second-order valence-electron chi connectivity index (χ2n) is 11.8. The van der Waals surface area contributed by atoms with Gasteiger partial charge in [0, 0.05) is 23.8 Å². The Kier molecular flexibility index (Phi) is 10.3. The summed E-state index contributed by atoms with van der Waals surface area (Å²) in [5, 5.41) is 8.10. The van der Waals surface area contributed by atoms with Gasteiger partial charge < -0.3 is 15.0 Å². The van der Waals surface area contributed by atoms with Gasteiger partial charge in [-0.3, -0.25) is 9.69 Å². The van der Waals surface area contributed by atoms with E-state index in [1.165, 1.54) is 11.2 Å². The summed E-state index contributed by atoms with van der Waals surface area (Å²) < 4.78 is 7.76. The van der Waals surface area contributed by atoms with Gasteiger partial charge in [0.25, 0.3) is 5.56 Å². The van der Waals surface area contributed by atoms with Gasteiger partial charge in [0.2, 0.25) is 0 Å². The molecule has 46 heavy (non-hydrogen) atoms. The smallest absolute Gasteiger partial charge is 0.326 e. The summed E-state index contributed by atoms with van der Waals surface area (Å²) in [6.45, 7) is 13.7. The number of hydrogen-bond acceptors (Lipinski definition) is 6. The second-order valence-corrected chi connectivity index (χ2v) is 11.8. The summed E-state index contributed by atoms with van der Waals surface area (Å²) in [4.78, 5) is 39.9. The lowest BCUT2D eigenvalue weighted by atomic mass is 9.88. The molecule has 0 saturated heterocycles. The van der Waals surface area contributed by atoms with Gasteiger partial charge in [0.1, 0.15) is 36.3 Å². The van der Waals surface area contributed by atoms with Crippen molar-refractivity contribution in [3.05, 3.63) is 108 Å². The molecule has 238 valence electrons. The predicted octanol–water partition coefficient (Wildman–Crippen LogP) is 7.51. The molecular formula is C36H41N7O3. The summed E-state index contributed by atoms with van der Waals surface area (Å²) >= 11 is 0. The van der Waals surface area contributed by atoms with Crippen LogP contribution in [0.15, 0.2) is 90.9 Å². The first kappa shape index (κ1) is 32.2. The zero-order chi connectivity index (χ0) is 32.6. The Balaban J connectivity index is 1.48. The fourth-order valence-corrected chi connectivity index (χ4v) is 5.40. The van der Waals surface area contributed by atoms with Gasteiger partial charge in [0.05, 0.1) is 6.54 Å². The number of carbonyl (C=O) groups excluding carboxylic acids is 1. The number of fused-ring (bicyclic) bond motifs is 1. The summed E-state index contributed by atoms with van der Waals surface area (Å²) in [6.07, 6.45) is 7.98. The van der Waals surface area contributed by atoms with E-state index in [4.69, 9.17) is 4.74 Å². The number of amides is 2. The van der Waals surface area contributed by atoms with Gasteiger partial charge >= 0.3 is 6.03 Å². The molecule has 0 unspecified atom stereocenters. The van der Waals surface area contributed by atoms with Crippen molar-refractivity contribution in [1.29, 1.82) is 0 Å². The number of carbonyl (C=O) groups is 1. The lowest BCUT2D eigenvalue weighted by Gasteiger charge is -2.27. The quantitative estimate of drug-likeness (QED) is 0.104. The number of allylic oxidation sites excluding steroid dienone is 1. The molecule has 2 amide bonds. The number of rotatable bonds is 13. The fourth-order valence-electron chi connectivity index (χ4n) is 5.40. The number of nitrogens with zero attached hydrogens (tertiary/aromatic N) is 5. The monoisotopic (exact) mass is 619 g/mol. The Hall–Kier alpha value is -5.25. The van der Waals surface area contributed by atoms with E-state index in [0.717, 1.165) is 39.1 Å². The maximum absolute atomic E-state index is 14.1. The SMILES string of the molecule is C=CCCCN(C(=O)Nc1c(C(C)C)cc(-c2cccc(OCCn3cncn3)c2)cc1C(C)C)c1cc2cccnc2[nH]c1=O. The highest BCUT2D eigenvalue weighted by Gasteiger charge is 2.24. The number of aromatic amines is 1. The van der Waals surface area contributed by atoms with E-state index in [2.05, 4.69) is 77.8 Å². The van der Waals surface area contributed by atoms with Crippen LogP contribution < -0.4 is 20.5 Å². The van der Waals surface area contributed by atoms with Crippen LogP contribution in [0.4, 0.5) is 16.2 Å². The molecule has 0 atom stereocenters. The zero-order valence-electron chi connectivity index (χ0n) is 26.9. The van der Waals surface area contributed by atoms with Crippen LogP contribution in [-0.4, -0.2) is 43.9 Å². The lowest BCUT2D eigenvalue weighted by Crippen LogP contribution is -2.39. The standard InChI is InChI=1S/C36H41N7O3/c1-6-7-8-15-43(32-21-27-12-10-14-38-34(27)41-35(32)44)36(45)40-33-30(24(2)3)19-28(20-31(33)25(4)5)26-11-9-13-29(18-26)46-17-16-42-23-37-22-39-42/h6,9-14,18-25H,1,7-8,15-17H2,2-5H3,(H,40,45)(H,38,41,44). The fraction of sp³-hybridized carbons (Fsp3) is 0.306. The molecule has 10 heteroatoms. The predicted molar refractivity (Wildman–Crippen MR) is 184 cm³/mol. The molecule has 2 aromatic carbocycles. The zero-order valence-corrected chi connectivity index (χ0v) is 26.9. The van der Waals surface area contributed by atoms with Gasteiger partial charge in [-0.2, -0.15) is 5.10 Å². The number of H-pyrrole nitrogens is 1. The van der Waals surface area contributed by atoms with Crippen molar-refractivity contribution in [2.45, 2.75) is 58.9 Å². The van der Waals surface area contributed by atoms with Crippen LogP contribution in [-0.2, 0) is 6.54 Å². The van der Waals surface area contributed by atoms with Gasteiger partial charge in [-0.1, -0.05) is 45.9 Å². The summed E-state index contributed by atoms with van der Waals surface area (Å²) in [6, 6.07) is 17.3. The largest absolute Gasteiger partial charge is 0.492 e. The molecule has 3 heterocycles. The number of nitrogens with one attached hydrogen (secondary N) is 2. The normalized spacial score (nSPS) is 11.3. The van der Waals surface area contributed by atoms with Crippen molar-refractivity contribution < 1.29 is 9.53 Å². The Bertz CT molecular complexity index is 1830. The third-order valence-electron chi connectivity index (χ3n) is 7.82. The van der Waals surface area contributed by atoms with E-state index in [1.807, 2.05) is 30.3 Å². The Morgan fingerprint density at radius 2 is 1.85 bits per heavy atom. The van der Waals surface area contributed by atoms with Gasteiger partial charge in [-0.15, -0.1) is 6.58 Å². The summed E-state index contributed by atoms with van der Waals surface area (Å²) in [7, 11) is 0. The number of unbranched alkanes of at least 4 members (excludes halogenated alkanes) is 1. The van der Waals surface area contributed by atoms with E-state index in [0.29, 0.717) is 38.2 Å². The highest BCUT2D eigenvalue weighted by molar-refractivity contribution is 6.03. The van der Waals surface area contributed by atoms with Crippen molar-refractivity contribution in [2.24, 2.45) is 0 Å². The topological polar surface area (TPSA) is 118 Å². The lowest BCUT2D eigenvalue weighted by molar-refractivity contribution is 0.256. The van der Waals surface area contributed by atoms with Crippen molar-refractivity contribution in [1.82, 2.24) is 24.7 Å². The number of pyridine rings is 2. The number of benzene rings is 2. The number of urea groups is 1. The molecule has 5 aromatic rings. The molecule has 0 saturated carbocycles. The molecule has 2 N–H and O–H groups in total. The molecule has 0 spiro atoms. The third-order valence-corrected chi connectivity index (χ3v) is 7.82. The molecule has 0 bridgehead atoms. The second kappa shape index (κ2) is 14.7. The number of hydrogen-bond donors (Lipinski definition) is 2. The Morgan fingerprint density at radius 1 is 1.07 bits per heavy atom. The van der Waals surface area contributed by atoms with Crippen molar-refractivity contribution in [3.8, 4) is 16.9 Å². The number of anilines is 2. The molecular weight excluding hydrogens is 578 g/mol. The van der Waals surface area contributed by atoms with E-state index < -0.39 is 0 Å². The van der Waals surface area contributed by atoms with E-state index >= 15 is 0 Å². The van der Waals surface area contributed by atoms with Gasteiger partial charge in [-0.05, 0) is 89.4 Å². The van der Waals surface area contributed by atoms with E-state index in [1.54, 1.807) is 29.3 Å². The van der Waals surface area contributed by atoms with Crippen LogP contribution >= 0.6 is 0 Å². The average molecular weight is 620 g/mol. The highest BCUT2D eigenvalue weighted by Crippen LogP contribution is 2.38. The first-order valence-corrected chi connectivity index (χ1v) is 15.7. The molecule has 0 radical (unpaired) electrons. The number of aromatic nitrogens is 5. The highest BCUT2D eigenvalue weighted by atomic mass is 16.5. The minimum Gasteiger partial charge on any atom is -0.492 e. The van der Waals surface area contributed by atoms with Crippen LogP contribution in [0.2, 0.25) is 0 Å². The van der Waals surface area contributed by atoms with Crippen molar-refractivity contribution in [3.63, 3.8) is 0 Å². The Morgan fingerprint density at radius 3 is 2.54 bits per heavy atom. The average Bonchev–Trinajstić information content (AvgIpc) is 3.56. The molecule has 0 aliphatic rings. The molecule has 10 nitrogen and oxygen atoms in total. The van der Waals surface area contributed by atoms with Gasteiger partial charge in [-0.25, -0.2) is 19.4 Å².